The zero-order chi connectivity index (χ0) is 19.9. The lowest BCUT2D eigenvalue weighted by molar-refractivity contribution is 0.324. The quantitative estimate of drug-likeness (QED) is 0.450. The standard InChI is InChI=1S/C20H21N3O4S/c1-24-15-7-5-14(6-8-15)16-12-28-20(22-16)23-21-11-13-9-17(25-2)19(27-4)18(10-13)26-3/h5-12H,1-4H3,(H,22,23)/b21-11+. The van der Waals surface area contributed by atoms with Crippen LogP contribution in [-0.2, 0) is 0 Å². The molecule has 0 saturated carbocycles. The summed E-state index contributed by atoms with van der Waals surface area (Å²) in [6.45, 7) is 0. The van der Waals surface area contributed by atoms with Crippen LogP contribution in [0.1, 0.15) is 5.56 Å². The average Bonchev–Trinajstić information content (AvgIpc) is 3.21. The highest BCUT2D eigenvalue weighted by atomic mass is 32.1. The van der Waals surface area contributed by atoms with Crippen molar-refractivity contribution in [2.75, 3.05) is 33.9 Å². The molecule has 0 aliphatic rings. The number of thiazole rings is 1. The molecule has 1 N–H and O–H groups in total. The molecule has 0 unspecified atom stereocenters. The molecule has 0 aliphatic heterocycles. The first kappa shape index (κ1) is 19.5. The van der Waals surface area contributed by atoms with E-state index in [0.717, 1.165) is 22.6 Å². The fourth-order valence-electron chi connectivity index (χ4n) is 2.56. The number of methoxy groups -OCH3 is 4. The van der Waals surface area contributed by atoms with Crippen molar-refractivity contribution >= 4 is 22.7 Å². The second-order valence-corrected chi connectivity index (χ2v) is 6.45. The Kier molecular flexibility index (Phi) is 6.33. The molecule has 8 heteroatoms. The number of ether oxygens (including phenoxy) is 4. The fraction of sp³-hybridized carbons (Fsp3) is 0.200. The zero-order valence-corrected chi connectivity index (χ0v) is 16.9. The van der Waals surface area contributed by atoms with Crippen LogP contribution in [0.3, 0.4) is 0 Å². The minimum absolute atomic E-state index is 0.541. The van der Waals surface area contributed by atoms with E-state index < -0.39 is 0 Å². The first-order valence-corrected chi connectivity index (χ1v) is 9.25. The first-order valence-electron chi connectivity index (χ1n) is 8.37. The molecule has 1 aromatic heterocycles. The average molecular weight is 399 g/mol. The number of nitrogens with one attached hydrogen (secondary N) is 1. The number of hydrogen-bond acceptors (Lipinski definition) is 8. The number of hydrazone groups is 1. The lowest BCUT2D eigenvalue weighted by Crippen LogP contribution is -1.97. The van der Waals surface area contributed by atoms with Crippen molar-refractivity contribution in [2.45, 2.75) is 0 Å². The largest absolute Gasteiger partial charge is 0.497 e. The van der Waals surface area contributed by atoms with Crippen LogP contribution in [0.15, 0.2) is 46.9 Å². The van der Waals surface area contributed by atoms with Crippen molar-refractivity contribution in [2.24, 2.45) is 5.10 Å². The third kappa shape index (κ3) is 4.34. The molecule has 0 atom stereocenters. The molecule has 7 nitrogen and oxygen atoms in total. The number of benzene rings is 2. The Morgan fingerprint density at radius 1 is 0.929 bits per heavy atom. The van der Waals surface area contributed by atoms with Crippen molar-refractivity contribution in [3.63, 3.8) is 0 Å². The number of aromatic nitrogens is 1. The second-order valence-electron chi connectivity index (χ2n) is 5.60. The molecule has 3 rings (SSSR count). The van der Waals surface area contributed by atoms with Crippen LogP contribution in [0.2, 0.25) is 0 Å². The van der Waals surface area contributed by atoms with E-state index >= 15 is 0 Å². The van der Waals surface area contributed by atoms with Gasteiger partial charge in [0.1, 0.15) is 5.75 Å². The Labute approximate surface area is 167 Å². The second kappa shape index (κ2) is 9.09. The predicted octanol–water partition coefficient (Wildman–Crippen LogP) is 4.29. The highest BCUT2D eigenvalue weighted by Crippen LogP contribution is 2.37. The Morgan fingerprint density at radius 2 is 1.61 bits per heavy atom. The third-order valence-corrected chi connectivity index (χ3v) is 4.70. The Balaban J connectivity index is 1.72. The van der Waals surface area contributed by atoms with Gasteiger partial charge < -0.3 is 18.9 Å². The molecule has 146 valence electrons. The summed E-state index contributed by atoms with van der Waals surface area (Å²) in [4.78, 5) is 4.55. The zero-order valence-electron chi connectivity index (χ0n) is 16.1. The van der Waals surface area contributed by atoms with Crippen molar-refractivity contribution in [1.29, 1.82) is 0 Å². The van der Waals surface area contributed by atoms with E-state index in [2.05, 4.69) is 15.5 Å². The molecule has 2 aromatic carbocycles. The molecule has 0 fully saturated rings. The van der Waals surface area contributed by atoms with E-state index in [1.807, 2.05) is 41.8 Å². The van der Waals surface area contributed by atoms with Crippen LogP contribution < -0.4 is 24.4 Å². The van der Waals surface area contributed by atoms with Crippen molar-refractivity contribution < 1.29 is 18.9 Å². The van der Waals surface area contributed by atoms with E-state index in [-0.39, 0.29) is 0 Å². The van der Waals surface area contributed by atoms with Crippen LogP contribution >= 0.6 is 11.3 Å². The molecule has 0 amide bonds. The molecule has 28 heavy (non-hydrogen) atoms. The van der Waals surface area contributed by atoms with Crippen LogP contribution in [0.25, 0.3) is 11.3 Å². The van der Waals surface area contributed by atoms with Crippen molar-refractivity contribution in [1.82, 2.24) is 4.98 Å². The summed E-state index contributed by atoms with van der Waals surface area (Å²) >= 11 is 1.47. The predicted molar refractivity (Wildman–Crippen MR) is 111 cm³/mol. The minimum atomic E-state index is 0.541. The van der Waals surface area contributed by atoms with Crippen LogP contribution in [0.4, 0.5) is 5.13 Å². The van der Waals surface area contributed by atoms with Crippen LogP contribution in [0, 0.1) is 0 Å². The maximum atomic E-state index is 5.35. The lowest BCUT2D eigenvalue weighted by Gasteiger charge is -2.12. The maximum absolute atomic E-state index is 5.35. The van der Waals surface area contributed by atoms with Gasteiger partial charge in [-0.15, -0.1) is 11.3 Å². The number of nitrogens with zero attached hydrogens (tertiary/aromatic N) is 2. The number of hydrogen-bond donors (Lipinski definition) is 1. The van der Waals surface area contributed by atoms with E-state index in [4.69, 9.17) is 18.9 Å². The summed E-state index contributed by atoms with van der Waals surface area (Å²) in [5.41, 5.74) is 5.63. The van der Waals surface area contributed by atoms with Crippen LogP contribution in [0.5, 0.6) is 23.0 Å². The smallest absolute Gasteiger partial charge is 0.203 e. The number of anilines is 1. The van der Waals surface area contributed by atoms with E-state index in [9.17, 15) is 0 Å². The monoisotopic (exact) mass is 399 g/mol. The first-order chi connectivity index (χ1) is 13.7. The van der Waals surface area contributed by atoms with E-state index in [1.165, 1.54) is 11.3 Å². The van der Waals surface area contributed by atoms with Gasteiger partial charge in [-0.05, 0) is 36.4 Å². The summed E-state index contributed by atoms with van der Waals surface area (Å²) in [6.07, 6.45) is 1.67. The summed E-state index contributed by atoms with van der Waals surface area (Å²) in [5, 5.41) is 6.91. The molecular weight excluding hydrogens is 378 g/mol. The minimum Gasteiger partial charge on any atom is -0.497 e. The normalized spacial score (nSPS) is 10.7. The fourth-order valence-corrected chi connectivity index (χ4v) is 3.23. The van der Waals surface area contributed by atoms with E-state index in [1.54, 1.807) is 34.7 Å². The van der Waals surface area contributed by atoms with Gasteiger partial charge in [0.25, 0.3) is 0 Å². The van der Waals surface area contributed by atoms with Gasteiger partial charge in [-0.1, -0.05) is 0 Å². The summed E-state index contributed by atoms with van der Waals surface area (Å²) in [6, 6.07) is 11.4. The number of rotatable bonds is 8. The molecule has 0 saturated heterocycles. The van der Waals surface area contributed by atoms with Gasteiger partial charge in [0.05, 0.1) is 40.3 Å². The van der Waals surface area contributed by atoms with Gasteiger partial charge >= 0.3 is 0 Å². The molecule has 0 bridgehead atoms. The highest BCUT2D eigenvalue weighted by Gasteiger charge is 2.12. The summed E-state index contributed by atoms with van der Waals surface area (Å²) < 4.78 is 21.2. The lowest BCUT2D eigenvalue weighted by atomic mass is 10.2. The van der Waals surface area contributed by atoms with Crippen molar-refractivity contribution in [3.8, 4) is 34.3 Å². The van der Waals surface area contributed by atoms with Crippen LogP contribution in [-0.4, -0.2) is 39.6 Å². The van der Waals surface area contributed by atoms with E-state index in [0.29, 0.717) is 22.4 Å². The molecule has 3 aromatic rings. The summed E-state index contributed by atoms with van der Waals surface area (Å²) in [5.74, 6) is 2.49. The van der Waals surface area contributed by atoms with Gasteiger partial charge in [0.15, 0.2) is 11.5 Å². The maximum Gasteiger partial charge on any atom is 0.203 e. The van der Waals surface area contributed by atoms with Gasteiger partial charge in [0, 0.05) is 16.5 Å². The SMILES string of the molecule is COc1ccc(-c2csc(N/N=C/c3cc(OC)c(OC)c(OC)c3)n2)cc1. The Hall–Kier alpha value is -3.26. The highest BCUT2D eigenvalue weighted by molar-refractivity contribution is 7.14. The van der Waals surface area contributed by atoms with Gasteiger partial charge in [-0.25, -0.2) is 4.98 Å². The summed E-state index contributed by atoms with van der Waals surface area (Å²) in [7, 11) is 6.36. The molecule has 0 radical (unpaired) electrons. The van der Waals surface area contributed by atoms with Gasteiger partial charge in [0.2, 0.25) is 10.9 Å². The molecule has 0 spiro atoms. The van der Waals surface area contributed by atoms with Crippen molar-refractivity contribution in [3.05, 3.63) is 47.3 Å². The van der Waals surface area contributed by atoms with Gasteiger partial charge in [-0.3, -0.25) is 5.43 Å². The third-order valence-electron chi connectivity index (χ3n) is 3.95. The Bertz CT molecular complexity index is 929. The Morgan fingerprint density at radius 3 is 2.18 bits per heavy atom. The topological polar surface area (TPSA) is 74.2 Å². The molecule has 1 heterocycles. The molecule has 0 aliphatic carbocycles. The van der Waals surface area contributed by atoms with Gasteiger partial charge in [-0.2, -0.15) is 5.10 Å². The molecular formula is C20H21N3O4S.